The zero-order chi connectivity index (χ0) is 14.0. The SMILES string of the molecule is CC1CCCCN1S(=O)(=O)Nc1ccc(Cl)c(N)c1. The smallest absolute Gasteiger partial charge is 0.301 e. The van der Waals surface area contributed by atoms with Crippen molar-refractivity contribution < 1.29 is 8.42 Å². The van der Waals surface area contributed by atoms with Crippen LogP contribution < -0.4 is 10.5 Å². The molecule has 5 nitrogen and oxygen atoms in total. The van der Waals surface area contributed by atoms with Gasteiger partial charge in [0.2, 0.25) is 0 Å². The molecule has 1 atom stereocenters. The predicted octanol–water partition coefficient (Wildman–Crippen LogP) is 2.45. The number of anilines is 2. The number of nitrogens with one attached hydrogen (secondary N) is 1. The van der Waals surface area contributed by atoms with Gasteiger partial charge in [-0.1, -0.05) is 18.0 Å². The number of hydrogen-bond acceptors (Lipinski definition) is 3. The highest BCUT2D eigenvalue weighted by atomic mass is 35.5. The van der Waals surface area contributed by atoms with Crippen molar-refractivity contribution in [1.29, 1.82) is 0 Å². The van der Waals surface area contributed by atoms with E-state index in [1.807, 2.05) is 6.92 Å². The van der Waals surface area contributed by atoms with Crippen LogP contribution in [0, 0.1) is 0 Å². The lowest BCUT2D eigenvalue weighted by Gasteiger charge is -2.32. The van der Waals surface area contributed by atoms with Gasteiger partial charge < -0.3 is 5.73 Å². The summed E-state index contributed by atoms with van der Waals surface area (Å²) >= 11 is 5.81. The summed E-state index contributed by atoms with van der Waals surface area (Å²) in [7, 11) is -3.53. The molecule has 19 heavy (non-hydrogen) atoms. The molecule has 1 unspecified atom stereocenters. The zero-order valence-electron chi connectivity index (χ0n) is 10.8. The lowest BCUT2D eigenvalue weighted by atomic mass is 10.1. The molecule has 2 rings (SSSR count). The number of rotatable bonds is 3. The Kier molecular flexibility index (Phi) is 4.23. The molecule has 0 aromatic heterocycles. The Labute approximate surface area is 118 Å². The number of hydrogen-bond donors (Lipinski definition) is 2. The van der Waals surface area contributed by atoms with Gasteiger partial charge in [0.1, 0.15) is 0 Å². The van der Waals surface area contributed by atoms with Crippen molar-refractivity contribution in [3.8, 4) is 0 Å². The summed E-state index contributed by atoms with van der Waals surface area (Å²) in [5, 5.41) is 0.411. The molecular weight excluding hydrogens is 286 g/mol. The Hall–Kier alpha value is -0.980. The maximum absolute atomic E-state index is 12.3. The van der Waals surface area contributed by atoms with Crippen LogP contribution in [0.5, 0.6) is 0 Å². The first-order chi connectivity index (χ1) is 8.90. The maximum atomic E-state index is 12.3. The van der Waals surface area contributed by atoms with Crippen molar-refractivity contribution >= 4 is 33.2 Å². The summed E-state index contributed by atoms with van der Waals surface area (Å²) in [5.41, 5.74) is 6.45. The van der Waals surface area contributed by atoms with Gasteiger partial charge in [0.05, 0.1) is 16.4 Å². The molecule has 0 spiro atoms. The van der Waals surface area contributed by atoms with Crippen LogP contribution in [0.15, 0.2) is 18.2 Å². The minimum Gasteiger partial charge on any atom is -0.397 e. The molecule has 1 saturated heterocycles. The highest BCUT2D eigenvalue weighted by molar-refractivity contribution is 7.90. The predicted molar refractivity (Wildman–Crippen MR) is 78.4 cm³/mol. The van der Waals surface area contributed by atoms with Crippen molar-refractivity contribution in [1.82, 2.24) is 4.31 Å². The first-order valence-corrected chi connectivity index (χ1v) is 8.06. The standard InChI is InChI=1S/C12H18ClN3O2S/c1-9-4-2-3-7-16(9)19(17,18)15-10-5-6-11(13)12(14)8-10/h5-6,8-9,15H,2-4,7,14H2,1H3. The van der Waals surface area contributed by atoms with E-state index in [-0.39, 0.29) is 6.04 Å². The number of nitrogen functional groups attached to an aromatic ring is 1. The molecule has 1 aliphatic rings. The molecule has 1 heterocycles. The third-order valence-corrected chi connectivity index (χ3v) is 5.29. The van der Waals surface area contributed by atoms with Crippen molar-refractivity contribution in [3.63, 3.8) is 0 Å². The Balaban J connectivity index is 2.18. The van der Waals surface area contributed by atoms with Gasteiger partial charge in [-0.25, -0.2) is 0 Å². The van der Waals surface area contributed by atoms with Crippen LogP contribution in [0.1, 0.15) is 26.2 Å². The molecule has 7 heteroatoms. The summed E-state index contributed by atoms with van der Waals surface area (Å²) in [6.45, 7) is 2.48. The van der Waals surface area contributed by atoms with Crippen molar-refractivity contribution in [2.45, 2.75) is 32.2 Å². The lowest BCUT2D eigenvalue weighted by Crippen LogP contribution is -2.44. The van der Waals surface area contributed by atoms with E-state index in [4.69, 9.17) is 17.3 Å². The Bertz CT molecular complexity index is 562. The molecule has 0 amide bonds. The fourth-order valence-electron chi connectivity index (χ4n) is 2.24. The Morgan fingerprint density at radius 2 is 2.16 bits per heavy atom. The van der Waals surface area contributed by atoms with Crippen LogP contribution in [-0.4, -0.2) is 25.3 Å². The number of piperidine rings is 1. The highest BCUT2D eigenvalue weighted by Crippen LogP contribution is 2.25. The van der Waals surface area contributed by atoms with Crippen LogP contribution in [-0.2, 0) is 10.2 Å². The molecule has 0 radical (unpaired) electrons. The van der Waals surface area contributed by atoms with Crippen molar-refractivity contribution in [2.24, 2.45) is 0 Å². The maximum Gasteiger partial charge on any atom is 0.301 e. The van der Waals surface area contributed by atoms with Crippen LogP contribution in [0.25, 0.3) is 0 Å². The Morgan fingerprint density at radius 1 is 1.42 bits per heavy atom. The lowest BCUT2D eigenvalue weighted by molar-refractivity contribution is 0.270. The van der Waals surface area contributed by atoms with E-state index in [1.165, 1.54) is 10.4 Å². The van der Waals surface area contributed by atoms with Gasteiger partial charge in [-0.05, 0) is 38.0 Å². The van der Waals surface area contributed by atoms with Crippen molar-refractivity contribution in [3.05, 3.63) is 23.2 Å². The van der Waals surface area contributed by atoms with Gasteiger partial charge in [-0.3, -0.25) is 4.72 Å². The van der Waals surface area contributed by atoms with E-state index in [2.05, 4.69) is 4.72 Å². The summed E-state index contributed by atoms with van der Waals surface area (Å²) < 4.78 is 28.7. The van der Waals surface area contributed by atoms with Crippen LogP contribution in [0.3, 0.4) is 0 Å². The summed E-state index contributed by atoms with van der Waals surface area (Å²) in [6.07, 6.45) is 2.86. The Morgan fingerprint density at radius 3 is 2.79 bits per heavy atom. The van der Waals surface area contributed by atoms with Crippen LogP contribution in [0.2, 0.25) is 5.02 Å². The van der Waals surface area contributed by atoms with E-state index in [0.717, 1.165) is 19.3 Å². The monoisotopic (exact) mass is 303 g/mol. The third-order valence-electron chi connectivity index (χ3n) is 3.29. The average molecular weight is 304 g/mol. The first kappa shape index (κ1) is 14.4. The number of benzene rings is 1. The fraction of sp³-hybridized carbons (Fsp3) is 0.500. The second-order valence-electron chi connectivity index (χ2n) is 4.80. The topological polar surface area (TPSA) is 75.4 Å². The minimum atomic E-state index is -3.53. The molecular formula is C12H18ClN3O2S. The van der Waals surface area contributed by atoms with Gasteiger partial charge in [0.25, 0.3) is 0 Å². The number of nitrogens with two attached hydrogens (primary N) is 1. The molecule has 0 saturated carbocycles. The number of nitrogens with zero attached hydrogens (tertiary/aromatic N) is 1. The minimum absolute atomic E-state index is 0.0240. The quantitative estimate of drug-likeness (QED) is 0.842. The van der Waals surface area contributed by atoms with Crippen LogP contribution >= 0.6 is 11.6 Å². The molecule has 0 bridgehead atoms. The zero-order valence-corrected chi connectivity index (χ0v) is 12.3. The molecule has 1 aromatic carbocycles. The molecule has 1 fully saturated rings. The molecule has 0 aliphatic carbocycles. The normalized spacial score (nSPS) is 21.3. The summed E-state index contributed by atoms with van der Waals surface area (Å²) in [5.74, 6) is 0. The second kappa shape index (κ2) is 5.56. The molecule has 106 valence electrons. The van der Waals surface area contributed by atoms with Crippen LogP contribution in [0.4, 0.5) is 11.4 Å². The van der Waals surface area contributed by atoms with Gasteiger partial charge in [-0.15, -0.1) is 0 Å². The largest absolute Gasteiger partial charge is 0.397 e. The van der Waals surface area contributed by atoms with E-state index in [1.54, 1.807) is 12.1 Å². The van der Waals surface area contributed by atoms with E-state index < -0.39 is 10.2 Å². The summed E-state index contributed by atoms with van der Waals surface area (Å²) in [4.78, 5) is 0. The van der Waals surface area contributed by atoms with E-state index in [0.29, 0.717) is 22.9 Å². The molecule has 1 aliphatic heterocycles. The van der Waals surface area contributed by atoms with Gasteiger partial charge in [0.15, 0.2) is 0 Å². The third kappa shape index (κ3) is 3.32. The molecule has 3 N–H and O–H groups in total. The van der Waals surface area contributed by atoms with Gasteiger partial charge in [0, 0.05) is 12.6 Å². The van der Waals surface area contributed by atoms with Crippen molar-refractivity contribution in [2.75, 3.05) is 17.0 Å². The highest BCUT2D eigenvalue weighted by Gasteiger charge is 2.29. The van der Waals surface area contributed by atoms with E-state index in [9.17, 15) is 8.42 Å². The second-order valence-corrected chi connectivity index (χ2v) is 6.83. The number of halogens is 1. The fourth-order valence-corrected chi connectivity index (χ4v) is 3.85. The molecule has 1 aromatic rings. The van der Waals surface area contributed by atoms with E-state index >= 15 is 0 Å². The van der Waals surface area contributed by atoms with Gasteiger partial charge in [-0.2, -0.15) is 12.7 Å². The summed E-state index contributed by atoms with van der Waals surface area (Å²) in [6, 6.07) is 4.73. The average Bonchev–Trinajstić information content (AvgIpc) is 2.34. The first-order valence-electron chi connectivity index (χ1n) is 6.25. The van der Waals surface area contributed by atoms with Gasteiger partial charge >= 0.3 is 10.2 Å².